The molecule has 0 aliphatic heterocycles. The van der Waals surface area contributed by atoms with Crippen LogP contribution in [0.5, 0.6) is 0 Å². The predicted octanol–water partition coefficient (Wildman–Crippen LogP) is 2.56. The Bertz CT molecular complexity index is 205. The first-order valence-electron chi connectivity index (χ1n) is 6.14. The van der Waals surface area contributed by atoms with E-state index in [-0.39, 0.29) is 0 Å². The lowest BCUT2D eigenvalue weighted by molar-refractivity contribution is 0.0654. The third-order valence-electron chi connectivity index (χ3n) is 3.21. The highest BCUT2D eigenvalue weighted by atomic mass is 16.3. The summed E-state index contributed by atoms with van der Waals surface area (Å²) in [6.45, 7) is 11.4. The summed E-state index contributed by atoms with van der Waals surface area (Å²) in [6.07, 6.45) is 3.81. The summed E-state index contributed by atoms with van der Waals surface area (Å²) in [6, 6.07) is 0.579. The third-order valence-corrected chi connectivity index (χ3v) is 3.21. The van der Waals surface area contributed by atoms with E-state index in [1.807, 2.05) is 13.8 Å². The second-order valence-corrected chi connectivity index (χ2v) is 6.80. The third kappa shape index (κ3) is 4.98. The minimum absolute atomic E-state index is 0.453. The van der Waals surface area contributed by atoms with Gasteiger partial charge in [0.15, 0.2) is 0 Å². The van der Waals surface area contributed by atoms with Crippen LogP contribution in [0.4, 0.5) is 0 Å². The van der Waals surface area contributed by atoms with E-state index in [0.717, 1.165) is 5.92 Å². The molecule has 1 saturated carbocycles. The average molecular weight is 213 g/mol. The largest absolute Gasteiger partial charge is 0.389 e. The maximum Gasteiger partial charge on any atom is 0.0715 e. The van der Waals surface area contributed by atoms with Crippen LogP contribution in [0.2, 0.25) is 0 Å². The topological polar surface area (TPSA) is 32.3 Å². The average Bonchev–Trinajstić information content (AvgIpc) is 1.95. The lowest BCUT2D eigenvalue weighted by Gasteiger charge is -2.40. The van der Waals surface area contributed by atoms with Crippen molar-refractivity contribution in [1.29, 1.82) is 0 Å². The molecular formula is C13H27NO. The molecule has 90 valence electrons. The molecule has 0 aromatic rings. The Balaban J connectivity index is 2.42. The monoisotopic (exact) mass is 213 g/mol. The summed E-state index contributed by atoms with van der Waals surface area (Å²) in [7, 11) is 0. The van der Waals surface area contributed by atoms with Gasteiger partial charge in [-0.2, -0.15) is 0 Å². The normalized spacial score (nSPS) is 31.6. The van der Waals surface area contributed by atoms with Crippen molar-refractivity contribution < 1.29 is 5.11 Å². The summed E-state index contributed by atoms with van der Waals surface area (Å²) in [4.78, 5) is 0. The Morgan fingerprint density at radius 1 is 1.33 bits per heavy atom. The van der Waals surface area contributed by atoms with Crippen LogP contribution in [-0.4, -0.2) is 23.3 Å². The smallest absolute Gasteiger partial charge is 0.0715 e. The lowest BCUT2D eigenvalue weighted by atomic mass is 9.70. The Hall–Kier alpha value is -0.0800. The number of rotatable bonds is 3. The van der Waals surface area contributed by atoms with E-state index < -0.39 is 5.60 Å². The van der Waals surface area contributed by atoms with Gasteiger partial charge in [0.1, 0.15) is 0 Å². The van der Waals surface area contributed by atoms with Crippen molar-refractivity contribution in [2.45, 2.75) is 65.5 Å². The van der Waals surface area contributed by atoms with Gasteiger partial charge in [-0.15, -0.1) is 0 Å². The highest BCUT2D eigenvalue weighted by Crippen LogP contribution is 2.38. The van der Waals surface area contributed by atoms with Crippen molar-refractivity contribution in [2.75, 3.05) is 6.54 Å². The molecule has 0 aromatic carbocycles. The van der Waals surface area contributed by atoms with E-state index in [9.17, 15) is 5.11 Å². The zero-order chi connectivity index (χ0) is 11.7. The van der Waals surface area contributed by atoms with Crippen LogP contribution >= 0.6 is 0 Å². The maximum atomic E-state index is 9.68. The van der Waals surface area contributed by atoms with E-state index in [2.05, 4.69) is 26.1 Å². The van der Waals surface area contributed by atoms with E-state index in [1.54, 1.807) is 0 Å². The number of hydrogen-bond donors (Lipinski definition) is 2. The maximum absolute atomic E-state index is 9.68. The quantitative estimate of drug-likeness (QED) is 0.755. The van der Waals surface area contributed by atoms with Crippen LogP contribution < -0.4 is 5.32 Å². The molecule has 0 radical (unpaired) electrons. The molecule has 2 N–H and O–H groups in total. The summed E-state index contributed by atoms with van der Waals surface area (Å²) in [5.74, 6) is 0.799. The van der Waals surface area contributed by atoms with Crippen molar-refractivity contribution in [3.63, 3.8) is 0 Å². The van der Waals surface area contributed by atoms with Crippen molar-refractivity contribution in [1.82, 2.24) is 5.32 Å². The molecule has 2 atom stereocenters. The van der Waals surface area contributed by atoms with Gasteiger partial charge in [-0.25, -0.2) is 0 Å². The van der Waals surface area contributed by atoms with E-state index in [0.29, 0.717) is 18.0 Å². The van der Waals surface area contributed by atoms with Gasteiger partial charge in [0, 0.05) is 12.6 Å². The molecule has 0 unspecified atom stereocenters. The number of aliphatic hydroxyl groups is 1. The standard InChI is InChI=1S/C13H27NO/c1-10-6-11(8-12(2,3)7-10)14-9-13(4,5)15/h10-11,14-15H,6-9H2,1-5H3/t10-,11-/m0/s1. The molecule has 1 aliphatic carbocycles. The summed E-state index contributed by atoms with van der Waals surface area (Å²) < 4.78 is 0. The lowest BCUT2D eigenvalue weighted by Crippen LogP contribution is -2.45. The van der Waals surface area contributed by atoms with Gasteiger partial charge in [0.05, 0.1) is 5.60 Å². The van der Waals surface area contributed by atoms with Gasteiger partial charge in [0.25, 0.3) is 0 Å². The first-order chi connectivity index (χ1) is 6.68. The molecule has 0 saturated heterocycles. The molecule has 0 aromatic heterocycles. The van der Waals surface area contributed by atoms with Gasteiger partial charge in [-0.3, -0.25) is 0 Å². The zero-order valence-corrected chi connectivity index (χ0v) is 10.9. The van der Waals surface area contributed by atoms with Crippen LogP contribution in [0.15, 0.2) is 0 Å². The predicted molar refractivity (Wildman–Crippen MR) is 64.9 cm³/mol. The minimum Gasteiger partial charge on any atom is -0.389 e. The molecule has 1 aliphatic rings. The van der Waals surface area contributed by atoms with Crippen molar-refractivity contribution in [2.24, 2.45) is 11.3 Å². The van der Waals surface area contributed by atoms with Gasteiger partial charge < -0.3 is 10.4 Å². The van der Waals surface area contributed by atoms with E-state index in [4.69, 9.17) is 0 Å². The van der Waals surface area contributed by atoms with Gasteiger partial charge in [-0.05, 0) is 44.4 Å². The first-order valence-corrected chi connectivity index (χ1v) is 6.14. The van der Waals surface area contributed by atoms with E-state index >= 15 is 0 Å². The number of hydrogen-bond acceptors (Lipinski definition) is 2. The Kier molecular flexibility index (Phi) is 3.83. The second-order valence-electron chi connectivity index (χ2n) is 6.80. The zero-order valence-electron chi connectivity index (χ0n) is 10.9. The molecule has 1 fully saturated rings. The fourth-order valence-electron chi connectivity index (χ4n) is 2.90. The molecule has 1 rings (SSSR count). The molecule has 15 heavy (non-hydrogen) atoms. The van der Waals surface area contributed by atoms with Gasteiger partial charge in [0.2, 0.25) is 0 Å². The van der Waals surface area contributed by atoms with Crippen LogP contribution in [0.1, 0.15) is 53.9 Å². The molecule has 2 heteroatoms. The van der Waals surface area contributed by atoms with Crippen LogP contribution in [-0.2, 0) is 0 Å². The molecule has 0 bridgehead atoms. The van der Waals surface area contributed by atoms with Crippen LogP contribution in [0.25, 0.3) is 0 Å². The first kappa shape index (κ1) is 13.0. The van der Waals surface area contributed by atoms with Gasteiger partial charge >= 0.3 is 0 Å². The molecule has 0 heterocycles. The van der Waals surface area contributed by atoms with Crippen molar-refractivity contribution in [3.05, 3.63) is 0 Å². The fourth-order valence-corrected chi connectivity index (χ4v) is 2.90. The summed E-state index contributed by atoms with van der Waals surface area (Å²) >= 11 is 0. The van der Waals surface area contributed by atoms with Crippen molar-refractivity contribution in [3.8, 4) is 0 Å². The molecule has 2 nitrogen and oxygen atoms in total. The minimum atomic E-state index is -0.592. The summed E-state index contributed by atoms with van der Waals surface area (Å²) in [5.41, 5.74) is -0.139. The van der Waals surface area contributed by atoms with Crippen molar-refractivity contribution >= 4 is 0 Å². The van der Waals surface area contributed by atoms with Crippen LogP contribution in [0, 0.1) is 11.3 Å². The molecular weight excluding hydrogens is 186 g/mol. The van der Waals surface area contributed by atoms with Crippen LogP contribution in [0.3, 0.4) is 0 Å². The van der Waals surface area contributed by atoms with E-state index in [1.165, 1.54) is 19.3 Å². The highest BCUT2D eigenvalue weighted by molar-refractivity contribution is 4.87. The Labute approximate surface area is 94.5 Å². The molecule has 0 spiro atoms. The fraction of sp³-hybridized carbons (Fsp3) is 1.00. The number of nitrogens with one attached hydrogen (secondary N) is 1. The Morgan fingerprint density at radius 2 is 1.93 bits per heavy atom. The highest BCUT2D eigenvalue weighted by Gasteiger charge is 2.32. The SMILES string of the molecule is C[C@H]1C[C@H](NCC(C)(C)O)CC(C)(C)C1. The second kappa shape index (κ2) is 4.42. The Morgan fingerprint density at radius 3 is 2.40 bits per heavy atom. The van der Waals surface area contributed by atoms with Gasteiger partial charge in [-0.1, -0.05) is 20.8 Å². The molecule has 0 amide bonds. The summed E-state index contributed by atoms with van der Waals surface area (Å²) in [5, 5.41) is 13.2.